The van der Waals surface area contributed by atoms with Crippen molar-refractivity contribution in [3.63, 3.8) is 0 Å². The van der Waals surface area contributed by atoms with Crippen LogP contribution in [0.1, 0.15) is 46.9 Å². The summed E-state index contributed by atoms with van der Waals surface area (Å²) in [6, 6.07) is 13.8. The van der Waals surface area contributed by atoms with E-state index in [1.807, 2.05) is 48.7 Å². The molecule has 0 saturated heterocycles. The third-order valence-corrected chi connectivity index (χ3v) is 5.40. The largest absolute Gasteiger partial charge is 0.350 e. The minimum atomic E-state index is -0.0337. The van der Waals surface area contributed by atoms with Crippen molar-refractivity contribution < 1.29 is 4.79 Å². The molecule has 1 N–H and O–H groups in total. The number of benzene rings is 1. The summed E-state index contributed by atoms with van der Waals surface area (Å²) in [4.78, 5) is 16.9. The minimum Gasteiger partial charge on any atom is -0.350 e. The number of hydrogen-bond donors (Lipinski definition) is 1. The maximum absolute atomic E-state index is 12.4. The van der Waals surface area contributed by atoms with Crippen molar-refractivity contribution in [2.75, 3.05) is 6.54 Å². The van der Waals surface area contributed by atoms with Crippen LogP contribution in [0.25, 0.3) is 11.4 Å². The molecule has 28 heavy (non-hydrogen) atoms. The SMILES string of the molecule is CCc1ccc(C(=O)NCCn2nc(-c3ccccn3)c3c2CCCC3)cc1. The Morgan fingerprint density at radius 3 is 2.68 bits per heavy atom. The predicted octanol–water partition coefficient (Wildman–Crippen LogP) is 3.82. The van der Waals surface area contributed by atoms with Crippen LogP contribution in [0.2, 0.25) is 0 Å². The van der Waals surface area contributed by atoms with E-state index in [1.165, 1.54) is 29.7 Å². The molecule has 4 rings (SSSR count). The van der Waals surface area contributed by atoms with Gasteiger partial charge in [-0.1, -0.05) is 25.1 Å². The van der Waals surface area contributed by atoms with Crippen molar-refractivity contribution >= 4 is 5.91 Å². The highest BCUT2D eigenvalue weighted by Crippen LogP contribution is 2.30. The first kappa shape index (κ1) is 18.4. The molecule has 0 saturated carbocycles. The van der Waals surface area contributed by atoms with Crippen molar-refractivity contribution in [3.05, 3.63) is 71.0 Å². The molecule has 2 aromatic heterocycles. The van der Waals surface area contributed by atoms with Crippen molar-refractivity contribution in [3.8, 4) is 11.4 Å². The van der Waals surface area contributed by atoms with E-state index in [0.29, 0.717) is 18.7 Å². The second kappa shape index (κ2) is 8.38. The lowest BCUT2D eigenvalue weighted by Crippen LogP contribution is -2.28. The summed E-state index contributed by atoms with van der Waals surface area (Å²) in [6.45, 7) is 3.34. The number of nitrogens with zero attached hydrogens (tertiary/aromatic N) is 3. The van der Waals surface area contributed by atoms with E-state index < -0.39 is 0 Å². The molecular weight excluding hydrogens is 348 g/mol. The van der Waals surface area contributed by atoms with Gasteiger partial charge in [-0.15, -0.1) is 0 Å². The van der Waals surface area contributed by atoms with Gasteiger partial charge in [-0.2, -0.15) is 5.10 Å². The molecule has 5 nitrogen and oxygen atoms in total. The molecule has 1 aliphatic rings. The number of aromatic nitrogens is 3. The summed E-state index contributed by atoms with van der Waals surface area (Å²) < 4.78 is 2.07. The fourth-order valence-corrected chi connectivity index (χ4v) is 3.83. The fourth-order valence-electron chi connectivity index (χ4n) is 3.83. The summed E-state index contributed by atoms with van der Waals surface area (Å²) in [7, 11) is 0. The molecule has 2 heterocycles. The number of amides is 1. The zero-order chi connectivity index (χ0) is 19.3. The molecule has 5 heteroatoms. The summed E-state index contributed by atoms with van der Waals surface area (Å²) in [6.07, 6.45) is 7.27. The van der Waals surface area contributed by atoms with Crippen LogP contribution >= 0.6 is 0 Å². The lowest BCUT2D eigenvalue weighted by Gasteiger charge is -2.14. The molecule has 1 aromatic carbocycles. The second-order valence-corrected chi connectivity index (χ2v) is 7.23. The van der Waals surface area contributed by atoms with E-state index in [1.54, 1.807) is 0 Å². The van der Waals surface area contributed by atoms with Crippen molar-refractivity contribution in [1.82, 2.24) is 20.1 Å². The highest BCUT2D eigenvalue weighted by Gasteiger charge is 2.22. The Balaban J connectivity index is 1.46. The number of nitrogens with one attached hydrogen (secondary N) is 1. The minimum absolute atomic E-state index is 0.0337. The number of fused-ring (bicyclic) bond motifs is 1. The first-order valence-electron chi connectivity index (χ1n) is 10.1. The van der Waals surface area contributed by atoms with Crippen LogP contribution in [-0.4, -0.2) is 27.2 Å². The molecule has 1 aliphatic carbocycles. The van der Waals surface area contributed by atoms with Gasteiger partial charge in [0.1, 0.15) is 5.69 Å². The number of carbonyl (C=O) groups excluding carboxylic acids is 1. The summed E-state index contributed by atoms with van der Waals surface area (Å²) in [5.74, 6) is -0.0337. The van der Waals surface area contributed by atoms with Gasteiger partial charge in [-0.3, -0.25) is 14.5 Å². The normalized spacial score (nSPS) is 13.2. The Hall–Kier alpha value is -2.95. The summed E-state index contributed by atoms with van der Waals surface area (Å²) >= 11 is 0. The topological polar surface area (TPSA) is 59.8 Å². The molecule has 0 atom stereocenters. The maximum atomic E-state index is 12.4. The van der Waals surface area contributed by atoms with Gasteiger partial charge >= 0.3 is 0 Å². The number of hydrogen-bond acceptors (Lipinski definition) is 3. The van der Waals surface area contributed by atoms with E-state index in [0.717, 1.165) is 30.7 Å². The lowest BCUT2D eigenvalue weighted by atomic mass is 9.95. The molecule has 0 aliphatic heterocycles. The molecular formula is C23H26N4O. The van der Waals surface area contributed by atoms with E-state index in [9.17, 15) is 4.79 Å². The van der Waals surface area contributed by atoms with Crippen LogP contribution in [0.5, 0.6) is 0 Å². The standard InChI is InChI=1S/C23H26N4O/c1-2-17-10-12-18(13-11-17)23(28)25-15-16-27-21-9-4-3-7-19(21)22(26-27)20-8-5-6-14-24-20/h5-6,8,10-14H,2-4,7,9,15-16H2,1H3,(H,25,28). The molecule has 1 amide bonds. The molecule has 3 aromatic rings. The zero-order valence-electron chi connectivity index (χ0n) is 16.3. The van der Waals surface area contributed by atoms with E-state index >= 15 is 0 Å². The predicted molar refractivity (Wildman–Crippen MR) is 110 cm³/mol. The van der Waals surface area contributed by atoms with Crippen LogP contribution in [0.15, 0.2) is 48.7 Å². The first-order valence-corrected chi connectivity index (χ1v) is 10.1. The maximum Gasteiger partial charge on any atom is 0.251 e. The van der Waals surface area contributed by atoms with Gasteiger partial charge in [-0.05, 0) is 61.9 Å². The number of carbonyl (C=O) groups is 1. The van der Waals surface area contributed by atoms with Crippen molar-refractivity contribution in [1.29, 1.82) is 0 Å². The van der Waals surface area contributed by atoms with Gasteiger partial charge in [0.15, 0.2) is 0 Å². The summed E-state index contributed by atoms with van der Waals surface area (Å²) in [5.41, 5.74) is 6.49. The molecule has 0 bridgehead atoms. The van der Waals surface area contributed by atoms with Crippen LogP contribution in [0, 0.1) is 0 Å². The molecule has 0 radical (unpaired) electrons. The smallest absolute Gasteiger partial charge is 0.251 e. The van der Waals surface area contributed by atoms with Gasteiger partial charge in [0.05, 0.1) is 12.2 Å². The molecule has 0 spiro atoms. The average Bonchev–Trinajstić information content (AvgIpc) is 3.13. The quantitative estimate of drug-likeness (QED) is 0.714. The highest BCUT2D eigenvalue weighted by atomic mass is 16.1. The first-order chi connectivity index (χ1) is 13.8. The Morgan fingerprint density at radius 1 is 1.11 bits per heavy atom. The number of rotatable bonds is 6. The van der Waals surface area contributed by atoms with Crippen LogP contribution in [0.4, 0.5) is 0 Å². The summed E-state index contributed by atoms with van der Waals surface area (Å²) in [5, 5.41) is 7.88. The molecule has 144 valence electrons. The third-order valence-electron chi connectivity index (χ3n) is 5.40. The lowest BCUT2D eigenvalue weighted by molar-refractivity contribution is 0.0952. The third kappa shape index (κ3) is 3.84. The van der Waals surface area contributed by atoms with Crippen LogP contribution < -0.4 is 5.32 Å². The monoisotopic (exact) mass is 374 g/mol. The van der Waals surface area contributed by atoms with Crippen LogP contribution in [0.3, 0.4) is 0 Å². The Kier molecular flexibility index (Phi) is 5.51. The van der Waals surface area contributed by atoms with E-state index in [-0.39, 0.29) is 5.91 Å². The van der Waals surface area contributed by atoms with E-state index in [2.05, 4.69) is 21.9 Å². The van der Waals surface area contributed by atoms with Gasteiger partial charge in [0.25, 0.3) is 5.91 Å². The van der Waals surface area contributed by atoms with Crippen molar-refractivity contribution in [2.45, 2.75) is 45.6 Å². The van der Waals surface area contributed by atoms with Crippen molar-refractivity contribution in [2.24, 2.45) is 0 Å². The fraction of sp³-hybridized carbons (Fsp3) is 0.348. The Morgan fingerprint density at radius 2 is 1.93 bits per heavy atom. The number of aryl methyl sites for hydroxylation is 1. The Bertz CT molecular complexity index is 945. The number of pyridine rings is 1. The van der Waals surface area contributed by atoms with Gasteiger partial charge in [-0.25, -0.2) is 0 Å². The van der Waals surface area contributed by atoms with Gasteiger partial charge < -0.3 is 5.32 Å². The zero-order valence-corrected chi connectivity index (χ0v) is 16.3. The van der Waals surface area contributed by atoms with Gasteiger partial charge in [0, 0.05) is 29.6 Å². The highest BCUT2D eigenvalue weighted by molar-refractivity contribution is 5.94. The van der Waals surface area contributed by atoms with Crippen LogP contribution in [-0.2, 0) is 25.8 Å². The van der Waals surface area contributed by atoms with E-state index in [4.69, 9.17) is 5.10 Å². The second-order valence-electron chi connectivity index (χ2n) is 7.23. The Labute approximate surface area is 165 Å². The average molecular weight is 374 g/mol. The van der Waals surface area contributed by atoms with Gasteiger partial charge in [0.2, 0.25) is 0 Å². The molecule has 0 unspecified atom stereocenters. The molecule has 0 fully saturated rings.